The van der Waals surface area contributed by atoms with E-state index in [4.69, 9.17) is 9.15 Å². The van der Waals surface area contributed by atoms with Crippen LogP contribution in [0.4, 0.5) is 17.6 Å². The van der Waals surface area contributed by atoms with Crippen LogP contribution in [0.1, 0.15) is 48.4 Å². The van der Waals surface area contributed by atoms with Gasteiger partial charge >= 0.3 is 6.18 Å². The van der Waals surface area contributed by atoms with Crippen molar-refractivity contribution in [1.29, 1.82) is 0 Å². The van der Waals surface area contributed by atoms with Crippen molar-refractivity contribution in [3.05, 3.63) is 71.2 Å². The first-order valence-corrected chi connectivity index (χ1v) is 9.92. The smallest absolute Gasteiger partial charge is 0.417 e. The van der Waals surface area contributed by atoms with Crippen LogP contribution in [0.15, 0.2) is 47.1 Å². The number of ether oxygens (including phenoxy) is 1. The molecule has 2 heterocycles. The first-order chi connectivity index (χ1) is 14.4. The first kappa shape index (κ1) is 19.2. The molecule has 156 valence electrons. The number of fused-ring (bicyclic) bond motifs is 7. The highest BCUT2D eigenvalue weighted by atomic mass is 19.4. The van der Waals surface area contributed by atoms with Crippen molar-refractivity contribution < 1.29 is 26.7 Å². The number of hydrogen-bond donors (Lipinski definition) is 0. The molecular weight excluding hydrogens is 398 g/mol. The number of hydrogen-bond acceptors (Lipinski definition) is 3. The van der Waals surface area contributed by atoms with Gasteiger partial charge in [0.1, 0.15) is 18.6 Å². The van der Waals surface area contributed by atoms with Crippen LogP contribution in [-0.4, -0.2) is 4.98 Å². The topological polar surface area (TPSA) is 35.3 Å². The Labute approximate surface area is 170 Å². The number of halogens is 4. The monoisotopic (exact) mass is 417 g/mol. The molecule has 1 aliphatic carbocycles. The molecule has 0 amide bonds. The van der Waals surface area contributed by atoms with Crippen LogP contribution < -0.4 is 4.74 Å². The van der Waals surface area contributed by atoms with Gasteiger partial charge in [0, 0.05) is 5.56 Å². The zero-order chi connectivity index (χ0) is 20.9. The summed E-state index contributed by atoms with van der Waals surface area (Å²) in [5, 5.41) is 0. The van der Waals surface area contributed by atoms with E-state index in [0.29, 0.717) is 18.0 Å². The van der Waals surface area contributed by atoms with E-state index in [0.717, 1.165) is 37.3 Å². The fourth-order valence-corrected chi connectivity index (χ4v) is 4.71. The van der Waals surface area contributed by atoms with Crippen molar-refractivity contribution in [3.63, 3.8) is 0 Å². The second-order valence-corrected chi connectivity index (χ2v) is 8.09. The van der Waals surface area contributed by atoms with Gasteiger partial charge in [-0.05, 0) is 42.5 Å². The van der Waals surface area contributed by atoms with E-state index in [9.17, 15) is 17.6 Å². The minimum Gasteiger partial charge on any atom is -0.483 e. The van der Waals surface area contributed by atoms with Gasteiger partial charge in [0.2, 0.25) is 5.89 Å². The minimum absolute atomic E-state index is 0.0765. The van der Waals surface area contributed by atoms with Crippen molar-refractivity contribution in [2.75, 3.05) is 0 Å². The number of nitrogens with zero attached hydrogens (tertiary/aromatic N) is 1. The van der Waals surface area contributed by atoms with Crippen LogP contribution in [-0.2, 0) is 24.6 Å². The summed E-state index contributed by atoms with van der Waals surface area (Å²) in [7, 11) is 0. The van der Waals surface area contributed by atoms with Crippen LogP contribution in [0.25, 0.3) is 11.1 Å². The second-order valence-electron chi connectivity index (χ2n) is 8.09. The summed E-state index contributed by atoms with van der Waals surface area (Å²) in [6.45, 7) is -0.0887. The SMILES string of the molecule is Fc1cccc2c1OCc1coc(n1)C1(CCCC1)Cc1ccc(C(F)(F)F)c-2c1. The Morgan fingerprint density at radius 2 is 1.80 bits per heavy atom. The predicted molar refractivity (Wildman–Crippen MR) is 102 cm³/mol. The molecule has 5 rings (SSSR count). The van der Waals surface area contributed by atoms with E-state index < -0.39 is 17.6 Å². The molecular formula is C23H19F4NO2. The minimum atomic E-state index is -4.58. The van der Waals surface area contributed by atoms with Crippen LogP contribution in [0.3, 0.4) is 0 Å². The molecule has 2 aromatic carbocycles. The summed E-state index contributed by atoms with van der Waals surface area (Å²) < 4.78 is 67.4. The van der Waals surface area contributed by atoms with Gasteiger partial charge in [-0.2, -0.15) is 13.2 Å². The van der Waals surface area contributed by atoms with E-state index >= 15 is 0 Å². The zero-order valence-electron chi connectivity index (χ0n) is 16.1. The average Bonchev–Trinajstić information content (AvgIpc) is 3.36. The van der Waals surface area contributed by atoms with E-state index in [-0.39, 0.29) is 28.9 Å². The average molecular weight is 417 g/mol. The van der Waals surface area contributed by atoms with Crippen LogP contribution >= 0.6 is 0 Å². The molecule has 30 heavy (non-hydrogen) atoms. The maximum Gasteiger partial charge on any atom is 0.417 e. The van der Waals surface area contributed by atoms with Gasteiger partial charge in [0.05, 0.1) is 11.0 Å². The Balaban J connectivity index is 1.75. The number of benzene rings is 2. The molecule has 0 radical (unpaired) electrons. The molecule has 1 spiro atoms. The quantitative estimate of drug-likeness (QED) is 0.395. The molecule has 1 saturated carbocycles. The molecule has 1 fully saturated rings. The number of para-hydroxylation sites is 1. The molecule has 3 nitrogen and oxygen atoms in total. The van der Waals surface area contributed by atoms with Gasteiger partial charge in [0.15, 0.2) is 11.6 Å². The van der Waals surface area contributed by atoms with E-state index in [1.165, 1.54) is 36.6 Å². The molecule has 1 aromatic heterocycles. The van der Waals surface area contributed by atoms with E-state index in [1.54, 1.807) is 0 Å². The molecule has 1 aliphatic heterocycles. The fraction of sp³-hybridized carbons (Fsp3) is 0.348. The highest BCUT2D eigenvalue weighted by molar-refractivity contribution is 5.75. The number of rotatable bonds is 0. The molecule has 0 atom stereocenters. The lowest BCUT2D eigenvalue weighted by molar-refractivity contribution is -0.137. The Bertz CT molecular complexity index is 1100. The number of oxazole rings is 1. The number of alkyl halides is 3. The van der Waals surface area contributed by atoms with Gasteiger partial charge in [-0.3, -0.25) is 0 Å². The van der Waals surface area contributed by atoms with Gasteiger partial charge in [-0.25, -0.2) is 9.37 Å². The van der Waals surface area contributed by atoms with Crippen LogP contribution in [0.2, 0.25) is 0 Å². The highest BCUT2D eigenvalue weighted by Gasteiger charge is 2.41. The van der Waals surface area contributed by atoms with Gasteiger partial charge in [0.25, 0.3) is 0 Å². The lowest BCUT2D eigenvalue weighted by Gasteiger charge is -2.26. The van der Waals surface area contributed by atoms with E-state index in [1.807, 2.05) is 0 Å². The molecule has 3 aromatic rings. The van der Waals surface area contributed by atoms with Crippen molar-refractivity contribution >= 4 is 0 Å². The van der Waals surface area contributed by atoms with Crippen molar-refractivity contribution in [3.8, 4) is 16.9 Å². The summed E-state index contributed by atoms with van der Waals surface area (Å²) in [5.41, 5.74) is 0.0664. The van der Waals surface area contributed by atoms with Crippen molar-refractivity contribution in [1.82, 2.24) is 4.98 Å². The molecule has 0 N–H and O–H groups in total. The molecule has 7 heteroatoms. The first-order valence-electron chi connectivity index (χ1n) is 9.92. The maximum absolute atomic E-state index is 14.6. The third-order valence-corrected chi connectivity index (χ3v) is 6.12. The molecule has 2 aliphatic rings. The summed E-state index contributed by atoms with van der Waals surface area (Å²) in [5.74, 6) is -0.366. The molecule has 0 saturated heterocycles. The summed E-state index contributed by atoms with van der Waals surface area (Å²) in [6, 6.07) is 8.11. The zero-order valence-corrected chi connectivity index (χ0v) is 16.1. The van der Waals surface area contributed by atoms with Crippen LogP contribution in [0, 0.1) is 5.82 Å². The lowest BCUT2D eigenvalue weighted by atomic mass is 9.79. The third-order valence-electron chi connectivity index (χ3n) is 6.12. The third kappa shape index (κ3) is 3.16. The maximum atomic E-state index is 14.6. The largest absolute Gasteiger partial charge is 0.483 e. The standard InChI is InChI=1S/C23H19F4NO2/c24-19-5-3-4-16-17-10-14(6-7-18(17)23(25,26)27)11-22(8-1-2-9-22)21-28-15(13-30-21)12-29-20(16)19/h3-7,10,13H,1-2,8-9,11-12H2. The molecule has 4 bridgehead atoms. The van der Waals surface area contributed by atoms with Gasteiger partial charge in [-0.15, -0.1) is 0 Å². The number of aromatic nitrogens is 1. The second kappa shape index (κ2) is 6.86. The Kier molecular flexibility index (Phi) is 4.38. The van der Waals surface area contributed by atoms with Crippen LogP contribution in [0.5, 0.6) is 5.75 Å². The van der Waals surface area contributed by atoms with Gasteiger partial charge < -0.3 is 9.15 Å². The fourth-order valence-electron chi connectivity index (χ4n) is 4.71. The predicted octanol–water partition coefficient (Wildman–Crippen LogP) is 6.45. The van der Waals surface area contributed by atoms with Crippen molar-refractivity contribution in [2.24, 2.45) is 0 Å². The summed E-state index contributed by atoms with van der Waals surface area (Å²) >= 11 is 0. The van der Waals surface area contributed by atoms with Crippen molar-refractivity contribution in [2.45, 2.75) is 50.3 Å². The Hall–Kier alpha value is -2.83. The normalized spacial score (nSPS) is 17.7. The van der Waals surface area contributed by atoms with E-state index in [2.05, 4.69) is 4.98 Å². The Morgan fingerprint density at radius 1 is 1.00 bits per heavy atom. The van der Waals surface area contributed by atoms with Gasteiger partial charge in [-0.1, -0.05) is 37.1 Å². The lowest BCUT2D eigenvalue weighted by Crippen LogP contribution is -2.26. The highest BCUT2D eigenvalue weighted by Crippen LogP contribution is 2.46. The summed E-state index contributed by atoms with van der Waals surface area (Å²) in [4.78, 5) is 4.58. The summed E-state index contributed by atoms with van der Waals surface area (Å²) in [6.07, 6.45) is 1.17. The Morgan fingerprint density at radius 3 is 2.57 bits per heavy atom. The molecule has 0 unspecified atom stereocenters.